The Balaban J connectivity index is 2.39. The SMILES string of the molecule is C=C(C)C(=O)O[C@@H]1C[C@@H](CO)CCC/C(CO)=C/[C@@H]2OC(=O)C(=C)[C@H]21. The molecule has 1 aliphatic heterocycles. The number of esters is 2. The highest BCUT2D eigenvalue weighted by Crippen LogP contribution is 2.37. The van der Waals surface area contributed by atoms with Crippen LogP contribution in [0.4, 0.5) is 0 Å². The van der Waals surface area contributed by atoms with E-state index in [2.05, 4.69) is 13.2 Å². The van der Waals surface area contributed by atoms with E-state index in [4.69, 9.17) is 9.47 Å². The molecule has 2 N–H and O–H groups in total. The second kappa shape index (κ2) is 8.45. The van der Waals surface area contributed by atoms with Crippen LogP contribution in [-0.2, 0) is 19.1 Å². The lowest BCUT2D eigenvalue weighted by Crippen LogP contribution is -2.35. The molecule has 4 atom stereocenters. The van der Waals surface area contributed by atoms with Crippen molar-refractivity contribution in [2.45, 2.75) is 44.8 Å². The standard InChI is InChI=1S/C19H26O6/c1-11(2)18(22)24-15-7-13(9-20)5-4-6-14(10-21)8-16-17(15)12(3)19(23)25-16/h8,13,15-17,20-21H,1,3-7,9-10H2,2H3/b14-8-/t13-,15+,16-,17-/m0/s1. The van der Waals surface area contributed by atoms with Crippen molar-refractivity contribution in [1.29, 1.82) is 0 Å². The van der Waals surface area contributed by atoms with E-state index in [1.807, 2.05) is 0 Å². The summed E-state index contributed by atoms with van der Waals surface area (Å²) in [5, 5.41) is 19.2. The summed E-state index contributed by atoms with van der Waals surface area (Å²) in [6.07, 6.45) is 3.04. The highest BCUT2D eigenvalue weighted by atomic mass is 16.6. The van der Waals surface area contributed by atoms with Gasteiger partial charge in [-0.2, -0.15) is 0 Å². The Morgan fingerprint density at radius 3 is 2.76 bits per heavy atom. The number of hydrogen-bond donors (Lipinski definition) is 2. The molecule has 1 heterocycles. The smallest absolute Gasteiger partial charge is 0.334 e. The number of aliphatic hydroxyl groups is 2. The minimum Gasteiger partial charge on any atom is -0.458 e. The van der Waals surface area contributed by atoms with Gasteiger partial charge >= 0.3 is 11.9 Å². The number of hydrogen-bond acceptors (Lipinski definition) is 6. The molecule has 1 saturated heterocycles. The number of carbonyl (C=O) groups is 2. The molecule has 0 aromatic heterocycles. The van der Waals surface area contributed by atoms with E-state index < -0.39 is 30.1 Å². The van der Waals surface area contributed by atoms with E-state index in [9.17, 15) is 19.8 Å². The molecule has 1 aliphatic carbocycles. The third kappa shape index (κ3) is 4.58. The maximum atomic E-state index is 12.1. The van der Waals surface area contributed by atoms with E-state index in [1.165, 1.54) is 0 Å². The molecule has 0 aromatic rings. The summed E-state index contributed by atoms with van der Waals surface area (Å²) in [5.74, 6) is -1.69. The number of ether oxygens (including phenoxy) is 2. The van der Waals surface area contributed by atoms with Gasteiger partial charge < -0.3 is 19.7 Å². The molecule has 25 heavy (non-hydrogen) atoms. The van der Waals surface area contributed by atoms with Crippen LogP contribution in [0.3, 0.4) is 0 Å². The van der Waals surface area contributed by atoms with Gasteiger partial charge in [0.15, 0.2) is 0 Å². The van der Waals surface area contributed by atoms with E-state index >= 15 is 0 Å². The Morgan fingerprint density at radius 2 is 2.16 bits per heavy atom. The van der Waals surface area contributed by atoms with Gasteiger partial charge in [-0.3, -0.25) is 0 Å². The summed E-state index contributed by atoms with van der Waals surface area (Å²) < 4.78 is 11.0. The van der Waals surface area contributed by atoms with Crippen molar-refractivity contribution in [2.75, 3.05) is 13.2 Å². The van der Waals surface area contributed by atoms with Crippen LogP contribution in [0.2, 0.25) is 0 Å². The fourth-order valence-corrected chi connectivity index (χ4v) is 3.36. The van der Waals surface area contributed by atoms with Crippen molar-refractivity contribution in [3.8, 4) is 0 Å². The Kier molecular flexibility index (Phi) is 6.56. The van der Waals surface area contributed by atoms with Crippen LogP contribution in [0.25, 0.3) is 0 Å². The predicted octanol–water partition coefficient (Wildman–Crippen LogP) is 1.67. The fourth-order valence-electron chi connectivity index (χ4n) is 3.36. The topological polar surface area (TPSA) is 93.1 Å². The van der Waals surface area contributed by atoms with Gasteiger partial charge in [-0.1, -0.05) is 13.2 Å². The van der Waals surface area contributed by atoms with E-state index in [0.29, 0.717) is 12.8 Å². The third-order valence-corrected chi connectivity index (χ3v) is 4.81. The molecular formula is C19H26O6. The lowest BCUT2D eigenvalue weighted by atomic mass is 9.82. The zero-order valence-electron chi connectivity index (χ0n) is 14.6. The molecule has 2 aliphatic rings. The summed E-state index contributed by atoms with van der Waals surface area (Å²) in [6.45, 7) is 8.78. The van der Waals surface area contributed by atoms with Gasteiger partial charge in [0, 0.05) is 17.8 Å². The van der Waals surface area contributed by atoms with Gasteiger partial charge in [0.25, 0.3) is 0 Å². The largest absolute Gasteiger partial charge is 0.458 e. The molecule has 0 amide bonds. The first-order valence-electron chi connectivity index (χ1n) is 8.54. The van der Waals surface area contributed by atoms with E-state index in [0.717, 1.165) is 18.4 Å². The second-order valence-corrected chi connectivity index (χ2v) is 6.80. The highest BCUT2D eigenvalue weighted by Gasteiger charge is 2.45. The van der Waals surface area contributed by atoms with E-state index in [-0.39, 0.29) is 30.3 Å². The van der Waals surface area contributed by atoms with Crippen LogP contribution in [0.15, 0.2) is 36.0 Å². The lowest BCUT2D eigenvalue weighted by molar-refractivity contribution is -0.148. The van der Waals surface area contributed by atoms with Crippen LogP contribution in [0.1, 0.15) is 32.6 Å². The minimum atomic E-state index is -0.653. The minimum absolute atomic E-state index is 0.0437. The highest BCUT2D eigenvalue weighted by molar-refractivity contribution is 5.91. The summed E-state index contributed by atoms with van der Waals surface area (Å²) in [7, 11) is 0. The van der Waals surface area contributed by atoms with Crippen molar-refractivity contribution >= 4 is 11.9 Å². The van der Waals surface area contributed by atoms with Crippen molar-refractivity contribution in [1.82, 2.24) is 0 Å². The number of rotatable bonds is 4. The average Bonchev–Trinajstić information content (AvgIpc) is 2.85. The molecule has 6 heteroatoms. The molecule has 138 valence electrons. The molecule has 1 fully saturated rings. The molecule has 2 rings (SSSR count). The van der Waals surface area contributed by atoms with Gasteiger partial charge in [0.05, 0.1) is 12.5 Å². The monoisotopic (exact) mass is 350 g/mol. The summed E-state index contributed by atoms with van der Waals surface area (Å²) in [6, 6.07) is 0. The molecule has 0 saturated carbocycles. The molecule has 0 unspecified atom stereocenters. The average molecular weight is 350 g/mol. The number of aliphatic hydroxyl groups excluding tert-OH is 2. The predicted molar refractivity (Wildman–Crippen MR) is 91.4 cm³/mol. The van der Waals surface area contributed by atoms with Gasteiger partial charge in [0.1, 0.15) is 12.2 Å². The summed E-state index contributed by atoms with van der Waals surface area (Å²) in [5.41, 5.74) is 1.27. The Bertz CT molecular complexity index is 591. The lowest BCUT2D eigenvalue weighted by Gasteiger charge is -2.30. The van der Waals surface area contributed by atoms with Crippen molar-refractivity contribution in [2.24, 2.45) is 11.8 Å². The van der Waals surface area contributed by atoms with Crippen LogP contribution in [0, 0.1) is 11.8 Å². The molecule has 0 bridgehead atoms. The molecule has 0 spiro atoms. The zero-order chi connectivity index (χ0) is 18.6. The fraction of sp³-hybridized carbons (Fsp3) is 0.579. The van der Waals surface area contributed by atoms with Crippen molar-refractivity contribution in [3.05, 3.63) is 36.0 Å². The van der Waals surface area contributed by atoms with Gasteiger partial charge in [-0.05, 0) is 50.2 Å². The third-order valence-electron chi connectivity index (χ3n) is 4.81. The maximum absolute atomic E-state index is 12.1. The van der Waals surface area contributed by atoms with Gasteiger partial charge in [0.2, 0.25) is 0 Å². The van der Waals surface area contributed by atoms with Crippen LogP contribution < -0.4 is 0 Å². The molecular weight excluding hydrogens is 324 g/mol. The summed E-state index contributed by atoms with van der Waals surface area (Å²) >= 11 is 0. The number of carbonyl (C=O) groups excluding carboxylic acids is 2. The second-order valence-electron chi connectivity index (χ2n) is 6.80. The first-order valence-corrected chi connectivity index (χ1v) is 8.54. The first kappa shape index (κ1) is 19.4. The van der Waals surface area contributed by atoms with Crippen LogP contribution in [0.5, 0.6) is 0 Å². The quantitative estimate of drug-likeness (QED) is 0.455. The van der Waals surface area contributed by atoms with Crippen LogP contribution >= 0.6 is 0 Å². The van der Waals surface area contributed by atoms with Crippen LogP contribution in [-0.4, -0.2) is 47.6 Å². The van der Waals surface area contributed by atoms with Gasteiger partial charge in [-0.25, -0.2) is 9.59 Å². The molecule has 0 aromatic carbocycles. The first-order chi connectivity index (χ1) is 11.9. The van der Waals surface area contributed by atoms with E-state index in [1.54, 1.807) is 13.0 Å². The zero-order valence-corrected chi connectivity index (χ0v) is 14.6. The van der Waals surface area contributed by atoms with Crippen molar-refractivity contribution in [3.63, 3.8) is 0 Å². The Labute approximate surface area is 147 Å². The summed E-state index contributed by atoms with van der Waals surface area (Å²) in [4.78, 5) is 24.1. The Hall–Kier alpha value is -1.92. The molecule has 6 nitrogen and oxygen atoms in total. The normalized spacial score (nSPS) is 32.2. The Morgan fingerprint density at radius 1 is 1.44 bits per heavy atom. The van der Waals surface area contributed by atoms with Crippen molar-refractivity contribution < 1.29 is 29.3 Å². The number of fused-ring (bicyclic) bond motifs is 1. The molecule has 0 radical (unpaired) electrons. The maximum Gasteiger partial charge on any atom is 0.334 e. The van der Waals surface area contributed by atoms with Gasteiger partial charge in [-0.15, -0.1) is 0 Å².